The van der Waals surface area contributed by atoms with Crippen molar-refractivity contribution in [2.24, 2.45) is 0 Å². The van der Waals surface area contributed by atoms with Crippen LogP contribution in [0.15, 0.2) is 48.5 Å². The number of anilines is 1. The molecule has 174 valence electrons. The fourth-order valence-electron chi connectivity index (χ4n) is 3.60. The average molecular weight is 458 g/mol. The largest absolute Gasteiger partial charge is 0.481 e. The van der Waals surface area contributed by atoms with Crippen molar-refractivity contribution in [1.82, 2.24) is 4.98 Å². The van der Waals surface area contributed by atoms with Gasteiger partial charge in [0.2, 0.25) is 0 Å². The molecule has 1 N–H and O–H groups in total. The number of aromatic nitrogens is 1. The van der Waals surface area contributed by atoms with E-state index in [1.807, 2.05) is 50.9 Å². The molecule has 0 saturated carbocycles. The van der Waals surface area contributed by atoms with E-state index >= 15 is 0 Å². The number of ether oxygens (including phenoxy) is 1. The summed E-state index contributed by atoms with van der Waals surface area (Å²) in [6.45, 7) is 5.78. The Balaban J connectivity index is 1.77. The minimum atomic E-state index is -4.37. The van der Waals surface area contributed by atoms with E-state index in [-0.39, 0.29) is 0 Å². The minimum Gasteiger partial charge on any atom is -0.481 e. The number of pyridine rings is 1. The number of benzene rings is 2. The maximum absolute atomic E-state index is 12.8. The lowest BCUT2D eigenvalue weighted by Crippen LogP contribution is -2.18. The van der Waals surface area contributed by atoms with Gasteiger partial charge in [0.25, 0.3) is 0 Å². The van der Waals surface area contributed by atoms with Crippen LogP contribution < -0.4 is 9.64 Å². The maximum atomic E-state index is 12.8. The standard InChI is InChI=1S/C25H25F3N2O3/c1-15-11-21(12-16(2)24(15)33-14-23(31)32)30(4)13-19-7-10-22(29-17(19)3)18-5-8-20(9-6-18)25(26,27)28/h5-12H,13-14H2,1-4H3,(H,31,32). The first-order valence-corrected chi connectivity index (χ1v) is 10.3. The number of carboxylic acid groups (broad SMARTS) is 1. The fraction of sp³-hybridized carbons (Fsp3) is 0.280. The molecule has 3 rings (SSSR count). The van der Waals surface area contributed by atoms with Crippen LogP contribution in [0.2, 0.25) is 0 Å². The lowest BCUT2D eigenvalue weighted by molar-refractivity contribution is -0.139. The first kappa shape index (κ1) is 24.1. The van der Waals surface area contributed by atoms with Gasteiger partial charge in [-0.2, -0.15) is 13.2 Å². The monoisotopic (exact) mass is 458 g/mol. The molecule has 8 heteroatoms. The summed E-state index contributed by atoms with van der Waals surface area (Å²) in [5.74, 6) is -0.467. The summed E-state index contributed by atoms with van der Waals surface area (Å²) < 4.78 is 43.8. The van der Waals surface area contributed by atoms with Crippen LogP contribution in [-0.4, -0.2) is 29.7 Å². The van der Waals surface area contributed by atoms with Crippen LogP contribution >= 0.6 is 0 Å². The van der Waals surface area contributed by atoms with Crippen molar-refractivity contribution in [2.45, 2.75) is 33.5 Å². The second-order valence-electron chi connectivity index (χ2n) is 7.96. The minimum absolute atomic E-state index is 0.396. The van der Waals surface area contributed by atoms with Crippen LogP contribution in [0.3, 0.4) is 0 Å². The van der Waals surface area contributed by atoms with E-state index in [4.69, 9.17) is 9.84 Å². The number of nitrogens with zero attached hydrogens (tertiary/aromatic N) is 2. The molecule has 2 aromatic carbocycles. The van der Waals surface area contributed by atoms with Crippen LogP contribution in [0.4, 0.5) is 18.9 Å². The van der Waals surface area contributed by atoms with Gasteiger partial charge in [0.15, 0.2) is 6.61 Å². The molecule has 0 saturated heterocycles. The van der Waals surface area contributed by atoms with Gasteiger partial charge < -0.3 is 14.7 Å². The highest BCUT2D eigenvalue weighted by molar-refractivity contribution is 5.69. The molecule has 0 spiro atoms. The van der Waals surface area contributed by atoms with Gasteiger partial charge in [-0.3, -0.25) is 4.98 Å². The highest BCUT2D eigenvalue weighted by atomic mass is 19.4. The molecule has 0 aliphatic carbocycles. The van der Waals surface area contributed by atoms with Gasteiger partial charge in [0.1, 0.15) is 5.75 Å². The van der Waals surface area contributed by atoms with Gasteiger partial charge in [-0.1, -0.05) is 18.2 Å². The van der Waals surface area contributed by atoms with Crippen LogP contribution in [0.25, 0.3) is 11.3 Å². The quantitative estimate of drug-likeness (QED) is 0.485. The number of aryl methyl sites for hydroxylation is 3. The van der Waals surface area contributed by atoms with Crippen molar-refractivity contribution in [3.8, 4) is 17.0 Å². The van der Waals surface area contributed by atoms with E-state index < -0.39 is 24.3 Å². The van der Waals surface area contributed by atoms with Crippen molar-refractivity contribution in [2.75, 3.05) is 18.6 Å². The Hall–Kier alpha value is -3.55. The predicted molar refractivity (Wildman–Crippen MR) is 121 cm³/mol. The summed E-state index contributed by atoms with van der Waals surface area (Å²) >= 11 is 0. The highest BCUT2D eigenvalue weighted by Crippen LogP contribution is 2.32. The van der Waals surface area contributed by atoms with E-state index in [0.717, 1.165) is 40.2 Å². The summed E-state index contributed by atoms with van der Waals surface area (Å²) in [4.78, 5) is 17.4. The predicted octanol–water partition coefficient (Wildman–Crippen LogP) is 5.79. The molecule has 0 atom stereocenters. The highest BCUT2D eigenvalue weighted by Gasteiger charge is 2.30. The molecule has 0 aliphatic heterocycles. The Kier molecular flexibility index (Phi) is 6.95. The second-order valence-corrected chi connectivity index (χ2v) is 7.96. The van der Waals surface area contributed by atoms with Crippen molar-refractivity contribution in [3.05, 3.63) is 76.5 Å². The normalized spacial score (nSPS) is 11.4. The van der Waals surface area contributed by atoms with Gasteiger partial charge in [-0.25, -0.2) is 4.79 Å². The Bertz CT molecular complexity index is 1140. The third-order valence-electron chi connectivity index (χ3n) is 5.34. The molecule has 1 aromatic heterocycles. The summed E-state index contributed by atoms with van der Waals surface area (Å²) in [6, 6.07) is 12.6. The number of aliphatic carboxylic acids is 1. The molecular formula is C25H25F3N2O3. The van der Waals surface area contributed by atoms with Crippen LogP contribution in [0.5, 0.6) is 5.75 Å². The lowest BCUT2D eigenvalue weighted by Gasteiger charge is -2.23. The molecule has 0 aliphatic rings. The second kappa shape index (κ2) is 9.52. The van der Waals surface area contributed by atoms with Crippen molar-refractivity contribution in [3.63, 3.8) is 0 Å². The first-order valence-electron chi connectivity index (χ1n) is 10.3. The molecule has 0 bridgehead atoms. The summed E-state index contributed by atoms with van der Waals surface area (Å²) in [7, 11) is 1.94. The molecule has 0 radical (unpaired) electrons. The van der Waals surface area contributed by atoms with Gasteiger partial charge >= 0.3 is 12.1 Å². The van der Waals surface area contributed by atoms with E-state index in [0.29, 0.717) is 23.6 Å². The zero-order chi connectivity index (χ0) is 24.3. The van der Waals surface area contributed by atoms with Crippen molar-refractivity contribution in [1.29, 1.82) is 0 Å². The Morgan fingerprint density at radius 3 is 2.15 bits per heavy atom. The molecule has 0 fully saturated rings. The number of carboxylic acids is 1. The van der Waals surface area contributed by atoms with Crippen LogP contribution in [0, 0.1) is 20.8 Å². The first-order chi connectivity index (χ1) is 15.5. The van der Waals surface area contributed by atoms with E-state index in [9.17, 15) is 18.0 Å². The maximum Gasteiger partial charge on any atom is 0.416 e. The summed E-state index contributed by atoms with van der Waals surface area (Å²) in [5.41, 5.74) is 4.93. The average Bonchev–Trinajstić information content (AvgIpc) is 2.73. The zero-order valence-corrected chi connectivity index (χ0v) is 18.8. The number of rotatable bonds is 7. The van der Waals surface area contributed by atoms with Crippen LogP contribution in [-0.2, 0) is 17.5 Å². The lowest BCUT2D eigenvalue weighted by atomic mass is 10.1. The van der Waals surface area contributed by atoms with E-state index in [2.05, 4.69) is 4.98 Å². The third kappa shape index (κ3) is 5.83. The van der Waals surface area contributed by atoms with E-state index in [1.165, 1.54) is 12.1 Å². The molecule has 1 heterocycles. The number of alkyl halides is 3. The van der Waals surface area contributed by atoms with Gasteiger partial charge in [0, 0.05) is 30.5 Å². The fourth-order valence-corrected chi connectivity index (χ4v) is 3.60. The number of halogens is 3. The Morgan fingerprint density at radius 2 is 1.64 bits per heavy atom. The topological polar surface area (TPSA) is 62.7 Å². The Morgan fingerprint density at radius 1 is 1.03 bits per heavy atom. The van der Waals surface area contributed by atoms with Gasteiger partial charge in [-0.05, 0) is 67.8 Å². The molecule has 0 amide bonds. The van der Waals surface area contributed by atoms with E-state index in [1.54, 1.807) is 6.07 Å². The summed E-state index contributed by atoms with van der Waals surface area (Å²) in [6.07, 6.45) is -4.37. The smallest absolute Gasteiger partial charge is 0.416 e. The summed E-state index contributed by atoms with van der Waals surface area (Å²) in [5, 5.41) is 8.84. The number of carbonyl (C=O) groups is 1. The van der Waals surface area contributed by atoms with Gasteiger partial charge in [-0.15, -0.1) is 0 Å². The molecular weight excluding hydrogens is 433 g/mol. The zero-order valence-electron chi connectivity index (χ0n) is 18.8. The number of hydrogen-bond donors (Lipinski definition) is 1. The molecule has 33 heavy (non-hydrogen) atoms. The van der Waals surface area contributed by atoms with Crippen molar-refractivity contribution < 1.29 is 27.8 Å². The van der Waals surface area contributed by atoms with Gasteiger partial charge in [0.05, 0.1) is 11.3 Å². The molecule has 3 aromatic rings. The SMILES string of the molecule is Cc1cc(N(C)Cc2ccc(-c3ccc(C(F)(F)F)cc3)nc2C)cc(C)c1OCC(=O)O. The van der Waals surface area contributed by atoms with Crippen LogP contribution in [0.1, 0.15) is 27.9 Å². The Labute approximate surface area is 190 Å². The van der Waals surface area contributed by atoms with Crippen molar-refractivity contribution >= 4 is 11.7 Å². The number of hydrogen-bond acceptors (Lipinski definition) is 4. The molecule has 5 nitrogen and oxygen atoms in total. The third-order valence-corrected chi connectivity index (χ3v) is 5.34. The molecule has 0 unspecified atom stereocenters.